The standard InChI is InChI=1S/C18H26N4O2/c1-20-7-9-22(10-8-20)13-15(23)12-21(2)18(24)17-11-14-5-3-4-6-16(14)19-17/h3-6,11,15,19,23H,7-10,12-13H2,1-2H3. The molecule has 0 saturated carbocycles. The van der Waals surface area contributed by atoms with Gasteiger partial charge in [-0.3, -0.25) is 9.69 Å². The van der Waals surface area contributed by atoms with Crippen molar-refractivity contribution in [3.63, 3.8) is 0 Å². The van der Waals surface area contributed by atoms with E-state index in [0.717, 1.165) is 37.1 Å². The van der Waals surface area contributed by atoms with Crippen LogP contribution in [0.3, 0.4) is 0 Å². The fraction of sp³-hybridized carbons (Fsp3) is 0.500. The van der Waals surface area contributed by atoms with E-state index in [-0.39, 0.29) is 5.91 Å². The van der Waals surface area contributed by atoms with Crippen LogP contribution in [0.4, 0.5) is 0 Å². The van der Waals surface area contributed by atoms with Gasteiger partial charge in [-0.25, -0.2) is 0 Å². The van der Waals surface area contributed by atoms with Crippen LogP contribution >= 0.6 is 0 Å². The fourth-order valence-corrected chi connectivity index (χ4v) is 3.18. The number of aromatic amines is 1. The van der Waals surface area contributed by atoms with Crippen molar-refractivity contribution in [2.45, 2.75) is 6.10 Å². The minimum Gasteiger partial charge on any atom is -0.390 e. The SMILES string of the molecule is CN1CCN(CC(O)CN(C)C(=O)c2cc3ccccc3[nH]2)CC1. The summed E-state index contributed by atoms with van der Waals surface area (Å²) in [6, 6.07) is 9.69. The molecule has 1 unspecified atom stereocenters. The number of rotatable bonds is 5. The molecule has 2 heterocycles. The van der Waals surface area contributed by atoms with E-state index in [9.17, 15) is 9.90 Å². The Bertz CT molecular complexity index is 658. The monoisotopic (exact) mass is 330 g/mol. The Balaban J connectivity index is 1.55. The van der Waals surface area contributed by atoms with E-state index in [1.165, 1.54) is 0 Å². The lowest BCUT2D eigenvalue weighted by Gasteiger charge is -2.34. The van der Waals surface area contributed by atoms with Gasteiger partial charge in [0.25, 0.3) is 5.91 Å². The van der Waals surface area contributed by atoms with Crippen molar-refractivity contribution in [2.75, 3.05) is 53.4 Å². The molecule has 0 aliphatic carbocycles. The molecule has 1 amide bonds. The molecule has 1 atom stereocenters. The van der Waals surface area contributed by atoms with Gasteiger partial charge in [-0.1, -0.05) is 18.2 Å². The number of hydrogen-bond donors (Lipinski definition) is 2. The first-order valence-electron chi connectivity index (χ1n) is 8.45. The van der Waals surface area contributed by atoms with Crippen LogP contribution in [0.15, 0.2) is 30.3 Å². The number of piperazine rings is 1. The first-order valence-corrected chi connectivity index (χ1v) is 8.45. The van der Waals surface area contributed by atoms with E-state index in [2.05, 4.69) is 21.8 Å². The van der Waals surface area contributed by atoms with E-state index in [1.54, 1.807) is 11.9 Å². The Labute approximate surface area is 142 Å². The summed E-state index contributed by atoms with van der Waals surface area (Å²) in [7, 11) is 3.85. The summed E-state index contributed by atoms with van der Waals surface area (Å²) in [6.07, 6.45) is -0.535. The average molecular weight is 330 g/mol. The van der Waals surface area contributed by atoms with E-state index < -0.39 is 6.10 Å². The number of aliphatic hydroxyl groups is 1. The van der Waals surface area contributed by atoms with Gasteiger partial charge in [0.2, 0.25) is 0 Å². The zero-order valence-electron chi connectivity index (χ0n) is 14.4. The molecule has 130 valence electrons. The van der Waals surface area contributed by atoms with Gasteiger partial charge in [0, 0.05) is 57.2 Å². The van der Waals surface area contributed by atoms with Crippen LogP contribution in [-0.4, -0.2) is 90.2 Å². The Morgan fingerprint density at radius 1 is 1.29 bits per heavy atom. The maximum absolute atomic E-state index is 12.5. The molecule has 0 radical (unpaired) electrons. The van der Waals surface area contributed by atoms with Gasteiger partial charge in [0.05, 0.1) is 6.10 Å². The molecule has 6 nitrogen and oxygen atoms in total. The van der Waals surface area contributed by atoms with Gasteiger partial charge in [0.15, 0.2) is 0 Å². The molecule has 2 aromatic rings. The quantitative estimate of drug-likeness (QED) is 0.853. The maximum Gasteiger partial charge on any atom is 0.270 e. The number of nitrogens with one attached hydrogen (secondary N) is 1. The Hall–Kier alpha value is -1.89. The second kappa shape index (κ2) is 7.34. The summed E-state index contributed by atoms with van der Waals surface area (Å²) < 4.78 is 0. The number of fused-ring (bicyclic) bond motifs is 1. The highest BCUT2D eigenvalue weighted by atomic mass is 16.3. The topological polar surface area (TPSA) is 62.8 Å². The lowest BCUT2D eigenvalue weighted by molar-refractivity contribution is 0.0499. The molecule has 2 N–H and O–H groups in total. The molecule has 1 aliphatic heterocycles. The highest BCUT2D eigenvalue weighted by molar-refractivity contribution is 5.97. The average Bonchev–Trinajstić information content (AvgIpc) is 3.00. The number of likely N-dealkylation sites (N-methyl/N-ethyl adjacent to an activating group) is 2. The summed E-state index contributed by atoms with van der Waals surface area (Å²) >= 11 is 0. The van der Waals surface area contributed by atoms with Crippen molar-refractivity contribution in [1.29, 1.82) is 0 Å². The second-order valence-corrected chi connectivity index (χ2v) is 6.71. The zero-order chi connectivity index (χ0) is 17.1. The Morgan fingerprint density at radius 3 is 2.71 bits per heavy atom. The number of amides is 1. The molecule has 1 fully saturated rings. The van der Waals surface area contributed by atoms with Crippen LogP contribution in [0.2, 0.25) is 0 Å². The van der Waals surface area contributed by atoms with E-state index in [0.29, 0.717) is 18.8 Å². The first kappa shape index (κ1) is 17.0. The van der Waals surface area contributed by atoms with E-state index >= 15 is 0 Å². The number of hydrogen-bond acceptors (Lipinski definition) is 4. The third kappa shape index (κ3) is 3.95. The number of aromatic nitrogens is 1. The Morgan fingerprint density at radius 2 is 2.00 bits per heavy atom. The molecule has 0 spiro atoms. The van der Waals surface area contributed by atoms with E-state index in [1.807, 2.05) is 30.3 Å². The van der Waals surface area contributed by atoms with Crippen molar-refractivity contribution in [3.8, 4) is 0 Å². The normalized spacial score (nSPS) is 18.0. The maximum atomic E-state index is 12.5. The highest BCUT2D eigenvalue weighted by Gasteiger charge is 2.21. The fourth-order valence-electron chi connectivity index (χ4n) is 3.18. The largest absolute Gasteiger partial charge is 0.390 e. The lowest BCUT2D eigenvalue weighted by atomic mass is 10.2. The summed E-state index contributed by atoms with van der Waals surface area (Å²) in [6.45, 7) is 4.92. The third-order valence-electron chi connectivity index (χ3n) is 4.66. The van der Waals surface area contributed by atoms with Gasteiger partial charge in [0.1, 0.15) is 5.69 Å². The number of β-amino-alcohol motifs (C(OH)–C–C–N with tert-alkyl or cyclic N) is 1. The van der Waals surface area contributed by atoms with Crippen LogP contribution in [0.1, 0.15) is 10.5 Å². The van der Waals surface area contributed by atoms with E-state index in [4.69, 9.17) is 0 Å². The van der Waals surface area contributed by atoms with Gasteiger partial charge in [-0.15, -0.1) is 0 Å². The molecule has 1 aliphatic rings. The third-order valence-corrected chi connectivity index (χ3v) is 4.66. The second-order valence-electron chi connectivity index (χ2n) is 6.71. The van der Waals surface area contributed by atoms with Gasteiger partial charge in [-0.2, -0.15) is 0 Å². The summed E-state index contributed by atoms with van der Waals surface area (Å²) in [5, 5.41) is 11.3. The van der Waals surface area contributed by atoms with Crippen molar-refractivity contribution >= 4 is 16.8 Å². The molecule has 24 heavy (non-hydrogen) atoms. The van der Waals surface area contributed by atoms with Crippen LogP contribution in [0.5, 0.6) is 0 Å². The van der Waals surface area contributed by atoms with Crippen LogP contribution in [0.25, 0.3) is 10.9 Å². The molecule has 1 aromatic heterocycles. The molecule has 1 saturated heterocycles. The van der Waals surface area contributed by atoms with Crippen LogP contribution in [0, 0.1) is 0 Å². The van der Waals surface area contributed by atoms with Crippen molar-refractivity contribution in [2.24, 2.45) is 0 Å². The number of carbonyl (C=O) groups excluding carboxylic acids is 1. The zero-order valence-corrected chi connectivity index (χ0v) is 14.4. The number of para-hydroxylation sites is 1. The van der Waals surface area contributed by atoms with Crippen LogP contribution in [-0.2, 0) is 0 Å². The summed E-state index contributed by atoms with van der Waals surface area (Å²) in [5.74, 6) is -0.0939. The molecule has 1 aromatic carbocycles. The number of aliphatic hydroxyl groups excluding tert-OH is 1. The minimum absolute atomic E-state index is 0.0939. The molecule has 6 heteroatoms. The Kier molecular flexibility index (Phi) is 5.18. The number of benzene rings is 1. The number of H-pyrrole nitrogens is 1. The lowest BCUT2D eigenvalue weighted by Crippen LogP contribution is -2.49. The van der Waals surface area contributed by atoms with Crippen molar-refractivity contribution in [3.05, 3.63) is 36.0 Å². The molecular weight excluding hydrogens is 304 g/mol. The predicted molar refractivity (Wildman–Crippen MR) is 95.2 cm³/mol. The van der Waals surface area contributed by atoms with Gasteiger partial charge in [-0.05, 0) is 19.2 Å². The molecule has 0 bridgehead atoms. The number of carbonyl (C=O) groups is 1. The minimum atomic E-state index is -0.535. The predicted octanol–water partition coefficient (Wildman–Crippen LogP) is 0.848. The van der Waals surface area contributed by atoms with Crippen molar-refractivity contribution in [1.82, 2.24) is 19.7 Å². The number of nitrogens with zero attached hydrogens (tertiary/aromatic N) is 3. The molecular formula is C18H26N4O2. The smallest absolute Gasteiger partial charge is 0.270 e. The summed E-state index contributed by atoms with van der Waals surface area (Å²) in [4.78, 5) is 21.8. The summed E-state index contributed by atoms with van der Waals surface area (Å²) in [5.41, 5.74) is 1.51. The van der Waals surface area contributed by atoms with Crippen molar-refractivity contribution < 1.29 is 9.90 Å². The first-order chi connectivity index (χ1) is 11.5. The van der Waals surface area contributed by atoms with Crippen LogP contribution < -0.4 is 0 Å². The van der Waals surface area contributed by atoms with Gasteiger partial charge >= 0.3 is 0 Å². The highest BCUT2D eigenvalue weighted by Crippen LogP contribution is 2.15. The molecule has 3 rings (SSSR count). The van der Waals surface area contributed by atoms with Gasteiger partial charge < -0.3 is 19.9 Å².